The fraction of sp³-hybridized carbons (Fsp3) is 0.429. The molecule has 8 nitrogen and oxygen atoms in total. The van der Waals surface area contributed by atoms with Crippen molar-refractivity contribution >= 4 is 17.6 Å². The highest BCUT2D eigenvalue weighted by Gasteiger charge is 2.40. The number of carbonyl (C=O) groups is 2. The molecule has 0 unspecified atom stereocenters. The van der Waals surface area contributed by atoms with Crippen LogP contribution in [0.4, 0.5) is 5.69 Å². The van der Waals surface area contributed by atoms with Crippen molar-refractivity contribution in [1.29, 1.82) is 0 Å². The van der Waals surface area contributed by atoms with E-state index in [4.69, 9.17) is 5.11 Å². The molecule has 1 aliphatic rings. The van der Waals surface area contributed by atoms with Crippen LogP contribution in [0.3, 0.4) is 0 Å². The molecule has 1 heterocycles. The van der Waals surface area contributed by atoms with E-state index in [1.54, 1.807) is 6.92 Å². The minimum absolute atomic E-state index is 0.0674. The molecule has 8 heteroatoms. The maximum Gasteiger partial charge on any atom is 0.335 e. The molecule has 1 aliphatic heterocycles. The number of aryl methyl sites for hydroxylation is 1. The predicted molar refractivity (Wildman–Crippen MR) is 75.6 cm³/mol. The van der Waals surface area contributed by atoms with Gasteiger partial charge in [0, 0.05) is 43.1 Å². The number of hydrogen-bond acceptors (Lipinski definition) is 5. The van der Waals surface area contributed by atoms with Gasteiger partial charge in [0.1, 0.15) is 0 Å². The summed E-state index contributed by atoms with van der Waals surface area (Å²) in [6, 6.07) is 4.22. The van der Waals surface area contributed by atoms with Gasteiger partial charge in [0.2, 0.25) is 0 Å². The van der Waals surface area contributed by atoms with Crippen molar-refractivity contribution in [1.82, 2.24) is 4.90 Å². The largest absolute Gasteiger partial charge is 0.479 e. The first-order valence-corrected chi connectivity index (χ1v) is 6.75. The number of nitro benzene ring substituents is 1. The van der Waals surface area contributed by atoms with Gasteiger partial charge in [-0.3, -0.25) is 14.9 Å². The van der Waals surface area contributed by atoms with E-state index in [0.717, 1.165) is 0 Å². The van der Waals surface area contributed by atoms with E-state index in [1.165, 1.54) is 23.1 Å². The SMILES string of the molecule is Cc1ccc(C(=O)N2CCC(O)(C(=O)O)CC2)cc1[N+](=O)[O-]. The fourth-order valence-electron chi connectivity index (χ4n) is 2.42. The summed E-state index contributed by atoms with van der Waals surface area (Å²) < 4.78 is 0. The molecule has 1 saturated heterocycles. The van der Waals surface area contributed by atoms with E-state index in [9.17, 15) is 24.8 Å². The molecule has 22 heavy (non-hydrogen) atoms. The lowest BCUT2D eigenvalue weighted by Gasteiger charge is -2.35. The van der Waals surface area contributed by atoms with E-state index in [-0.39, 0.29) is 37.2 Å². The molecule has 0 radical (unpaired) electrons. The Morgan fingerprint density at radius 1 is 1.32 bits per heavy atom. The lowest BCUT2D eigenvalue weighted by Crippen LogP contribution is -2.50. The highest BCUT2D eigenvalue weighted by molar-refractivity contribution is 5.95. The number of nitro groups is 1. The Balaban J connectivity index is 2.15. The molecule has 0 atom stereocenters. The molecule has 0 aliphatic carbocycles. The average Bonchev–Trinajstić information content (AvgIpc) is 2.47. The standard InChI is InChI=1S/C14H16N2O6/c1-9-2-3-10(8-11(9)16(21)22)12(17)15-6-4-14(20,5-7-15)13(18)19/h2-3,8,20H,4-7H2,1H3,(H,18,19). The van der Waals surface area contributed by atoms with Crippen molar-refractivity contribution < 1.29 is 24.7 Å². The van der Waals surface area contributed by atoms with Gasteiger partial charge < -0.3 is 15.1 Å². The Kier molecular flexibility index (Phi) is 4.14. The minimum Gasteiger partial charge on any atom is -0.479 e. The van der Waals surface area contributed by atoms with Crippen molar-refractivity contribution in [2.75, 3.05) is 13.1 Å². The Bertz CT molecular complexity index is 634. The summed E-state index contributed by atoms with van der Waals surface area (Å²) in [6.45, 7) is 1.76. The number of benzene rings is 1. The van der Waals surface area contributed by atoms with Gasteiger partial charge >= 0.3 is 5.97 Å². The van der Waals surface area contributed by atoms with Crippen LogP contribution < -0.4 is 0 Å². The molecule has 118 valence electrons. The van der Waals surface area contributed by atoms with Crippen LogP contribution >= 0.6 is 0 Å². The molecule has 2 rings (SSSR count). The first-order valence-electron chi connectivity index (χ1n) is 6.75. The van der Waals surface area contributed by atoms with E-state index in [1.807, 2.05) is 0 Å². The molecule has 1 fully saturated rings. The quantitative estimate of drug-likeness (QED) is 0.633. The van der Waals surface area contributed by atoms with Crippen LogP contribution in [0.15, 0.2) is 18.2 Å². The Hall–Kier alpha value is -2.48. The molecular formula is C14H16N2O6. The van der Waals surface area contributed by atoms with Gasteiger partial charge in [-0.15, -0.1) is 0 Å². The van der Waals surface area contributed by atoms with Crippen molar-refractivity contribution in [2.45, 2.75) is 25.4 Å². The third-order valence-corrected chi connectivity index (χ3v) is 3.93. The third kappa shape index (κ3) is 2.91. The second-order valence-electron chi connectivity index (χ2n) is 5.39. The summed E-state index contributed by atoms with van der Waals surface area (Å²) in [7, 11) is 0. The molecule has 0 saturated carbocycles. The Labute approximate surface area is 126 Å². The predicted octanol–water partition coefficient (Wildman–Crippen LogP) is 0.955. The van der Waals surface area contributed by atoms with Crippen LogP contribution in [0.25, 0.3) is 0 Å². The summed E-state index contributed by atoms with van der Waals surface area (Å²) >= 11 is 0. The maximum absolute atomic E-state index is 12.3. The molecule has 0 spiro atoms. The molecular weight excluding hydrogens is 292 g/mol. The number of aliphatic hydroxyl groups is 1. The van der Waals surface area contributed by atoms with Gasteiger partial charge in [-0.25, -0.2) is 4.79 Å². The second kappa shape index (κ2) is 5.72. The number of aliphatic carboxylic acids is 1. The van der Waals surface area contributed by atoms with Crippen LogP contribution in [0.5, 0.6) is 0 Å². The summed E-state index contributed by atoms with van der Waals surface area (Å²) in [4.78, 5) is 35.1. The molecule has 1 aromatic carbocycles. The number of carboxylic acid groups (broad SMARTS) is 1. The van der Waals surface area contributed by atoms with Gasteiger partial charge in [0.05, 0.1) is 4.92 Å². The average molecular weight is 308 g/mol. The van der Waals surface area contributed by atoms with Crippen LogP contribution in [0, 0.1) is 17.0 Å². The second-order valence-corrected chi connectivity index (χ2v) is 5.39. The highest BCUT2D eigenvalue weighted by atomic mass is 16.6. The van der Waals surface area contributed by atoms with E-state index in [2.05, 4.69) is 0 Å². The number of carbonyl (C=O) groups excluding carboxylic acids is 1. The Morgan fingerprint density at radius 2 is 1.91 bits per heavy atom. The van der Waals surface area contributed by atoms with Gasteiger partial charge in [-0.1, -0.05) is 6.07 Å². The number of hydrogen-bond donors (Lipinski definition) is 2. The summed E-state index contributed by atoms with van der Waals surface area (Å²) in [5, 5.41) is 29.7. The fourth-order valence-corrected chi connectivity index (χ4v) is 2.42. The lowest BCUT2D eigenvalue weighted by atomic mass is 9.91. The maximum atomic E-state index is 12.3. The number of nitrogens with zero attached hydrogens (tertiary/aromatic N) is 2. The summed E-state index contributed by atoms with van der Waals surface area (Å²) in [5.41, 5.74) is -1.31. The molecule has 0 bridgehead atoms. The zero-order valence-electron chi connectivity index (χ0n) is 12.0. The Morgan fingerprint density at radius 3 is 2.41 bits per heavy atom. The smallest absolute Gasteiger partial charge is 0.335 e. The lowest BCUT2D eigenvalue weighted by molar-refractivity contribution is -0.385. The third-order valence-electron chi connectivity index (χ3n) is 3.93. The van der Waals surface area contributed by atoms with Gasteiger partial charge in [-0.2, -0.15) is 0 Å². The van der Waals surface area contributed by atoms with E-state index < -0.39 is 22.4 Å². The molecule has 1 amide bonds. The van der Waals surface area contributed by atoms with Crippen LogP contribution in [-0.4, -0.2) is 50.6 Å². The zero-order chi connectivity index (χ0) is 16.5. The van der Waals surface area contributed by atoms with Crippen molar-refractivity contribution in [2.24, 2.45) is 0 Å². The van der Waals surface area contributed by atoms with Crippen molar-refractivity contribution in [3.8, 4) is 0 Å². The number of piperidine rings is 1. The van der Waals surface area contributed by atoms with Gasteiger partial charge in [0.15, 0.2) is 5.60 Å². The molecule has 1 aromatic rings. The number of carboxylic acids is 1. The zero-order valence-corrected chi connectivity index (χ0v) is 12.0. The van der Waals surface area contributed by atoms with Gasteiger partial charge in [0.25, 0.3) is 11.6 Å². The van der Waals surface area contributed by atoms with Gasteiger partial charge in [-0.05, 0) is 13.0 Å². The van der Waals surface area contributed by atoms with E-state index >= 15 is 0 Å². The molecule has 0 aromatic heterocycles. The van der Waals surface area contributed by atoms with Crippen LogP contribution in [-0.2, 0) is 4.79 Å². The topological polar surface area (TPSA) is 121 Å². The summed E-state index contributed by atoms with van der Waals surface area (Å²) in [6.07, 6.45) is -0.135. The van der Waals surface area contributed by atoms with Crippen molar-refractivity contribution in [3.63, 3.8) is 0 Å². The molecule has 2 N–H and O–H groups in total. The normalized spacial score (nSPS) is 17.1. The van der Waals surface area contributed by atoms with E-state index in [0.29, 0.717) is 5.56 Å². The first-order chi connectivity index (χ1) is 10.2. The van der Waals surface area contributed by atoms with Crippen LogP contribution in [0.1, 0.15) is 28.8 Å². The minimum atomic E-state index is -1.81. The van der Waals surface area contributed by atoms with Crippen molar-refractivity contribution in [3.05, 3.63) is 39.4 Å². The van der Waals surface area contributed by atoms with Crippen LogP contribution in [0.2, 0.25) is 0 Å². The number of rotatable bonds is 3. The highest BCUT2D eigenvalue weighted by Crippen LogP contribution is 2.25. The summed E-state index contributed by atoms with van der Waals surface area (Å²) in [5.74, 6) is -1.71. The monoisotopic (exact) mass is 308 g/mol. The first kappa shape index (κ1) is 15.9. The number of likely N-dealkylation sites (tertiary alicyclic amines) is 1. The number of amides is 1.